The van der Waals surface area contributed by atoms with E-state index in [4.69, 9.17) is 9.47 Å². The zero-order valence-electron chi connectivity index (χ0n) is 19.5. The minimum Gasteiger partial charge on any atom is -0.496 e. The van der Waals surface area contributed by atoms with Gasteiger partial charge in [-0.25, -0.2) is 0 Å². The third-order valence-electron chi connectivity index (χ3n) is 5.19. The molecule has 0 radical (unpaired) electrons. The van der Waals surface area contributed by atoms with Crippen molar-refractivity contribution in [3.8, 4) is 5.75 Å². The Morgan fingerprint density at radius 2 is 1.64 bits per heavy atom. The van der Waals surface area contributed by atoms with Crippen molar-refractivity contribution in [1.29, 1.82) is 0 Å². The summed E-state index contributed by atoms with van der Waals surface area (Å²) in [6.07, 6.45) is 1.12. The van der Waals surface area contributed by atoms with Crippen molar-refractivity contribution in [2.45, 2.75) is 80.4 Å². The first-order valence-electron chi connectivity index (χ1n) is 10.5. The Kier molecular flexibility index (Phi) is 9.00. The first-order chi connectivity index (χ1) is 12.9. The van der Waals surface area contributed by atoms with Crippen LogP contribution in [0.25, 0.3) is 0 Å². The molecule has 0 saturated heterocycles. The van der Waals surface area contributed by atoms with Crippen molar-refractivity contribution in [3.63, 3.8) is 0 Å². The number of benzene rings is 1. The Labute approximate surface area is 172 Å². The van der Waals surface area contributed by atoms with E-state index >= 15 is 0 Å². The standard InChI is InChI=1S/C24H41NO3/c1-10-25(18(2)19-14-11-12-15-20(19)27-9)17-13-16-21(26)28-22(23(3,4)5)24(6,7)8/h11-12,14-15,18,22H,10,13,16-17H2,1-9H3/t18-/m0/s1. The van der Waals surface area contributed by atoms with Crippen LogP contribution in [0.4, 0.5) is 0 Å². The zero-order valence-corrected chi connectivity index (χ0v) is 19.5. The van der Waals surface area contributed by atoms with E-state index in [1.54, 1.807) is 7.11 Å². The molecule has 0 amide bonds. The molecule has 1 rings (SSSR count). The topological polar surface area (TPSA) is 38.8 Å². The normalized spacial score (nSPS) is 13.7. The molecule has 0 aliphatic rings. The van der Waals surface area contributed by atoms with Crippen LogP contribution in [0, 0.1) is 10.8 Å². The monoisotopic (exact) mass is 391 g/mol. The van der Waals surface area contributed by atoms with Gasteiger partial charge in [0, 0.05) is 18.0 Å². The molecule has 1 aromatic rings. The average Bonchev–Trinajstić information content (AvgIpc) is 2.60. The zero-order chi connectivity index (χ0) is 21.5. The molecular formula is C24H41NO3. The Hall–Kier alpha value is -1.55. The molecule has 1 atom stereocenters. The maximum atomic E-state index is 12.5. The van der Waals surface area contributed by atoms with Crippen LogP contribution in [-0.2, 0) is 9.53 Å². The molecule has 4 heteroatoms. The van der Waals surface area contributed by atoms with Gasteiger partial charge in [0.1, 0.15) is 11.9 Å². The van der Waals surface area contributed by atoms with Crippen LogP contribution in [0.15, 0.2) is 24.3 Å². The number of ether oxygens (including phenoxy) is 2. The largest absolute Gasteiger partial charge is 0.496 e. The van der Waals surface area contributed by atoms with Gasteiger partial charge in [0.2, 0.25) is 0 Å². The maximum Gasteiger partial charge on any atom is 0.306 e. The van der Waals surface area contributed by atoms with Crippen LogP contribution >= 0.6 is 0 Å². The molecule has 0 bridgehead atoms. The molecule has 0 fully saturated rings. The van der Waals surface area contributed by atoms with Gasteiger partial charge < -0.3 is 9.47 Å². The van der Waals surface area contributed by atoms with Crippen molar-refractivity contribution in [2.24, 2.45) is 10.8 Å². The second-order valence-corrected chi connectivity index (χ2v) is 9.75. The van der Waals surface area contributed by atoms with E-state index in [2.05, 4.69) is 66.4 Å². The van der Waals surface area contributed by atoms with E-state index in [-0.39, 0.29) is 28.9 Å². The molecule has 0 N–H and O–H groups in total. The van der Waals surface area contributed by atoms with Gasteiger partial charge in [0.15, 0.2) is 0 Å². The van der Waals surface area contributed by atoms with Gasteiger partial charge in [-0.1, -0.05) is 66.7 Å². The molecule has 0 saturated carbocycles. The Morgan fingerprint density at radius 1 is 1.07 bits per heavy atom. The summed E-state index contributed by atoms with van der Waals surface area (Å²) in [4.78, 5) is 14.9. The summed E-state index contributed by atoms with van der Waals surface area (Å²) in [7, 11) is 1.71. The number of rotatable bonds is 9. The van der Waals surface area contributed by atoms with E-state index in [0.29, 0.717) is 6.42 Å². The minimum absolute atomic E-state index is 0.0816. The van der Waals surface area contributed by atoms with E-state index in [1.165, 1.54) is 5.56 Å². The molecule has 160 valence electrons. The fourth-order valence-corrected chi connectivity index (χ4v) is 4.10. The lowest BCUT2D eigenvalue weighted by molar-refractivity contribution is -0.164. The Morgan fingerprint density at radius 3 is 2.14 bits per heavy atom. The number of nitrogens with zero attached hydrogens (tertiary/aromatic N) is 1. The fraction of sp³-hybridized carbons (Fsp3) is 0.708. The van der Waals surface area contributed by atoms with Gasteiger partial charge in [-0.15, -0.1) is 0 Å². The molecule has 4 nitrogen and oxygen atoms in total. The summed E-state index contributed by atoms with van der Waals surface area (Å²) in [5, 5.41) is 0. The van der Waals surface area contributed by atoms with Crippen LogP contribution in [0.5, 0.6) is 5.75 Å². The van der Waals surface area contributed by atoms with Crippen molar-refractivity contribution >= 4 is 5.97 Å². The summed E-state index contributed by atoms with van der Waals surface area (Å²) in [6, 6.07) is 8.36. The van der Waals surface area contributed by atoms with Crippen LogP contribution in [0.1, 0.15) is 79.8 Å². The van der Waals surface area contributed by atoms with Crippen molar-refractivity contribution in [3.05, 3.63) is 29.8 Å². The molecule has 0 aliphatic carbocycles. The lowest BCUT2D eigenvalue weighted by atomic mass is 9.74. The van der Waals surface area contributed by atoms with Gasteiger partial charge in [-0.3, -0.25) is 9.69 Å². The lowest BCUT2D eigenvalue weighted by Gasteiger charge is -2.39. The third kappa shape index (κ3) is 7.12. The highest BCUT2D eigenvalue weighted by atomic mass is 16.5. The number of esters is 1. The molecule has 0 aromatic heterocycles. The number of carbonyl (C=O) groups is 1. The molecule has 0 aliphatic heterocycles. The summed E-state index contributed by atoms with van der Waals surface area (Å²) >= 11 is 0. The van der Waals surface area contributed by atoms with Crippen LogP contribution < -0.4 is 4.74 Å². The van der Waals surface area contributed by atoms with Crippen molar-refractivity contribution in [1.82, 2.24) is 4.90 Å². The predicted octanol–water partition coefficient (Wildman–Crippen LogP) is 5.86. The third-order valence-corrected chi connectivity index (χ3v) is 5.19. The van der Waals surface area contributed by atoms with Crippen LogP contribution in [0.2, 0.25) is 0 Å². The number of hydrogen-bond acceptors (Lipinski definition) is 4. The molecule has 0 spiro atoms. The second kappa shape index (κ2) is 10.3. The highest BCUT2D eigenvalue weighted by Crippen LogP contribution is 2.36. The highest BCUT2D eigenvalue weighted by molar-refractivity contribution is 5.69. The predicted molar refractivity (Wildman–Crippen MR) is 117 cm³/mol. The molecule has 0 heterocycles. The Bertz CT molecular complexity index is 599. The smallest absolute Gasteiger partial charge is 0.306 e. The molecule has 1 aromatic carbocycles. The van der Waals surface area contributed by atoms with Gasteiger partial charge in [-0.05, 0) is 43.3 Å². The Balaban J connectivity index is 2.66. The SMILES string of the molecule is CCN(CCCC(=O)OC(C(C)(C)C)C(C)(C)C)[C@@H](C)c1ccccc1OC. The van der Waals surface area contributed by atoms with Crippen molar-refractivity contribution < 1.29 is 14.3 Å². The average molecular weight is 392 g/mol. The van der Waals surface area contributed by atoms with Gasteiger partial charge in [0.25, 0.3) is 0 Å². The van der Waals surface area contributed by atoms with Gasteiger partial charge in [-0.2, -0.15) is 0 Å². The highest BCUT2D eigenvalue weighted by Gasteiger charge is 2.38. The van der Waals surface area contributed by atoms with E-state index in [9.17, 15) is 4.79 Å². The molecule has 28 heavy (non-hydrogen) atoms. The number of para-hydroxylation sites is 1. The number of hydrogen-bond donors (Lipinski definition) is 0. The summed E-state index contributed by atoms with van der Waals surface area (Å²) in [6.45, 7) is 18.9. The van der Waals surface area contributed by atoms with Crippen LogP contribution in [-0.4, -0.2) is 37.2 Å². The number of methoxy groups -OCH3 is 1. The van der Waals surface area contributed by atoms with Crippen LogP contribution in [0.3, 0.4) is 0 Å². The minimum atomic E-state index is -0.109. The first kappa shape index (κ1) is 24.5. The van der Waals surface area contributed by atoms with Gasteiger partial charge >= 0.3 is 5.97 Å². The van der Waals surface area contributed by atoms with Crippen molar-refractivity contribution in [2.75, 3.05) is 20.2 Å². The van der Waals surface area contributed by atoms with Gasteiger partial charge in [0.05, 0.1) is 7.11 Å². The molecular weight excluding hydrogens is 350 g/mol. The quantitative estimate of drug-likeness (QED) is 0.494. The lowest BCUT2D eigenvalue weighted by Crippen LogP contribution is -2.42. The number of carbonyl (C=O) groups excluding carboxylic acids is 1. The van der Waals surface area contributed by atoms with E-state index in [1.807, 2.05) is 18.2 Å². The molecule has 0 unspecified atom stereocenters. The summed E-state index contributed by atoms with van der Waals surface area (Å²) in [5.41, 5.74) is 1.01. The maximum absolute atomic E-state index is 12.5. The summed E-state index contributed by atoms with van der Waals surface area (Å²) < 4.78 is 11.4. The van der Waals surface area contributed by atoms with E-state index in [0.717, 1.165) is 25.3 Å². The first-order valence-corrected chi connectivity index (χ1v) is 10.5. The second-order valence-electron chi connectivity index (χ2n) is 9.75. The summed E-state index contributed by atoms with van der Waals surface area (Å²) in [5.74, 6) is 0.807. The van der Waals surface area contributed by atoms with E-state index < -0.39 is 0 Å². The fourth-order valence-electron chi connectivity index (χ4n) is 4.10.